The van der Waals surface area contributed by atoms with Crippen LogP contribution >= 0.6 is 11.3 Å². The van der Waals surface area contributed by atoms with Crippen LogP contribution in [0.25, 0.3) is 0 Å². The molecule has 10 heavy (non-hydrogen) atoms. The van der Waals surface area contributed by atoms with Crippen LogP contribution in [-0.2, 0) is 0 Å². The molecule has 0 amide bonds. The van der Waals surface area contributed by atoms with Crippen LogP contribution < -0.4 is 11.3 Å². The molecule has 0 aromatic heterocycles. The maximum absolute atomic E-state index is 11.3. The first-order valence-corrected chi connectivity index (χ1v) is 2.89. The van der Waals surface area contributed by atoms with Gasteiger partial charge in [0.05, 0.1) is 0 Å². The number of nitrogens with one attached hydrogen (secondary N) is 1. The fourth-order valence-electron chi connectivity index (χ4n) is 0.214. The molecule has 8 heteroatoms. The standard InChI is InChI=1S/C2H3F5N2S/c3-2(4,5)1(9-8)10(6)7/h9H,8H2. The monoisotopic (exact) mass is 182 g/mol. The van der Waals surface area contributed by atoms with E-state index in [1.165, 1.54) is 0 Å². The Bertz CT molecular complexity index is 146. The van der Waals surface area contributed by atoms with E-state index >= 15 is 0 Å². The molecule has 2 nitrogen and oxygen atoms in total. The van der Waals surface area contributed by atoms with Crippen LogP contribution in [0.1, 0.15) is 0 Å². The van der Waals surface area contributed by atoms with Crippen molar-refractivity contribution in [3.63, 3.8) is 0 Å². The van der Waals surface area contributed by atoms with E-state index in [-0.39, 0.29) is 0 Å². The molecule has 0 atom stereocenters. The summed E-state index contributed by atoms with van der Waals surface area (Å²) in [5, 5.41) is 0. The van der Waals surface area contributed by atoms with E-state index in [0.717, 1.165) is 5.43 Å². The minimum absolute atomic E-state index is 0.895. The van der Waals surface area contributed by atoms with Crippen LogP contribution in [0.4, 0.5) is 20.9 Å². The Labute approximate surface area is 55.7 Å². The summed E-state index contributed by atoms with van der Waals surface area (Å²) >= 11 is -3.87. The summed E-state index contributed by atoms with van der Waals surface area (Å²) in [6.45, 7) is 0. The van der Waals surface area contributed by atoms with E-state index in [0.29, 0.717) is 0 Å². The molecule has 0 saturated heterocycles. The normalized spacial score (nSPS) is 12.3. The van der Waals surface area contributed by atoms with Gasteiger partial charge >= 0.3 is 6.18 Å². The third-order valence-electron chi connectivity index (χ3n) is 0.543. The lowest BCUT2D eigenvalue weighted by molar-refractivity contribution is -0.0594. The molecule has 0 aliphatic rings. The number of hydrazine groups is 1. The molecule has 0 aromatic carbocycles. The zero-order chi connectivity index (χ0) is 8.36. The van der Waals surface area contributed by atoms with Crippen LogP contribution in [0.3, 0.4) is 0 Å². The van der Waals surface area contributed by atoms with Gasteiger partial charge in [-0.2, -0.15) is 13.2 Å². The molecule has 3 N–H and O–H groups in total. The van der Waals surface area contributed by atoms with Crippen molar-refractivity contribution in [3.8, 4) is 0 Å². The minimum atomic E-state index is -5.07. The Balaban J connectivity index is 4.55. The number of hydrogen-bond acceptors (Lipinski definition) is 1. The molecule has 0 aromatic rings. The number of hydrogen-bond donors (Lipinski definition) is 2. The number of halogens is 5. The van der Waals surface area contributed by atoms with Gasteiger partial charge in [-0.15, -0.1) is 7.77 Å². The molecule has 0 heterocycles. The smallest absolute Gasteiger partial charge is 0.266 e. The van der Waals surface area contributed by atoms with Crippen molar-refractivity contribution in [1.82, 2.24) is 5.43 Å². The molecule has 0 unspecified atom stereocenters. The van der Waals surface area contributed by atoms with Crippen LogP contribution in [-0.4, -0.2) is 11.2 Å². The molecule has 0 fully saturated rings. The molecule has 0 radical (unpaired) electrons. The highest BCUT2D eigenvalue weighted by atomic mass is 32.2. The molecule has 0 rings (SSSR count). The van der Waals surface area contributed by atoms with Crippen LogP contribution in [0, 0.1) is 0 Å². The number of rotatable bonds is 0. The molecule has 0 aliphatic heterocycles. The lowest BCUT2D eigenvalue weighted by Gasteiger charge is -2.06. The summed E-state index contributed by atoms with van der Waals surface area (Å²) < 4.78 is 56.6. The zero-order valence-electron chi connectivity index (χ0n) is 4.38. The van der Waals surface area contributed by atoms with E-state index < -0.39 is 22.4 Å². The zero-order valence-corrected chi connectivity index (χ0v) is 5.19. The topological polar surface area (TPSA) is 38.0 Å². The Morgan fingerprint density at radius 1 is 1.30 bits per heavy atom. The van der Waals surface area contributed by atoms with E-state index in [2.05, 4.69) is 5.84 Å². The number of alkyl halides is 3. The maximum atomic E-state index is 11.3. The molecule has 0 spiro atoms. The van der Waals surface area contributed by atoms with Crippen molar-refractivity contribution in [3.05, 3.63) is 0 Å². The van der Waals surface area contributed by atoms with Crippen molar-refractivity contribution in [2.75, 3.05) is 0 Å². The van der Waals surface area contributed by atoms with E-state index in [9.17, 15) is 20.9 Å². The first kappa shape index (κ1) is 9.79. The Kier molecular flexibility index (Phi) is 3.19. The Morgan fingerprint density at radius 2 is 1.70 bits per heavy atom. The molecule has 0 bridgehead atoms. The Morgan fingerprint density at radius 3 is 1.70 bits per heavy atom. The fourth-order valence-corrected chi connectivity index (χ4v) is 0.478. The van der Waals surface area contributed by atoms with Gasteiger partial charge in [0.25, 0.3) is 0 Å². The van der Waals surface area contributed by atoms with Crippen molar-refractivity contribution >= 4 is 16.2 Å². The van der Waals surface area contributed by atoms with Gasteiger partial charge in [-0.25, -0.2) is 5.43 Å². The van der Waals surface area contributed by atoms with Gasteiger partial charge in [0.1, 0.15) is 0 Å². The quantitative estimate of drug-likeness (QED) is 0.255. The second-order valence-corrected chi connectivity index (χ2v) is 2.02. The average Bonchev–Trinajstić information content (AvgIpc) is 1.60. The molecular weight excluding hydrogens is 179 g/mol. The van der Waals surface area contributed by atoms with Crippen LogP contribution in [0.15, 0.2) is 0 Å². The summed E-state index contributed by atoms with van der Waals surface area (Å²) in [7, 11) is 0. The Hall–Kier alpha value is -0.210. The second kappa shape index (κ2) is 3.26. The first-order chi connectivity index (χ1) is 4.39. The number of nitrogens with two attached hydrogens (primary N) is 1. The van der Waals surface area contributed by atoms with Gasteiger partial charge in [0.2, 0.25) is 0 Å². The van der Waals surface area contributed by atoms with Gasteiger partial charge in [0, 0.05) is 0 Å². The van der Waals surface area contributed by atoms with E-state index in [1.54, 1.807) is 0 Å². The van der Waals surface area contributed by atoms with Gasteiger partial charge in [-0.3, -0.25) is 5.84 Å². The van der Waals surface area contributed by atoms with Crippen molar-refractivity contribution < 1.29 is 20.9 Å². The summed E-state index contributed by atoms with van der Waals surface area (Å²) in [4.78, 5) is -2.10. The predicted molar refractivity (Wildman–Crippen MR) is 28.2 cm³/mol. The predicted octanol–water partition coefficient (Wildman–Crippen LogP) is 1.18. The highest BCUT2D eigenvalue weighted by Crippen LogP contribution is 2.26. The highest BCUT2D eigenvalue weighted by Gasteiger charge is 2.37. The summed E-state index contributed by atoms with van der Waals surface area (Å²) in [6, 6.07) is 0. The van der Waals surface area contributed by atoms with Crippen LogP contribution in [0.2, 0.25) is 0 Å². The third-order valence-corrected chi connectivity index (χ3v) is 1.20. The van der Waals surface area contributed by atoms with E-state index in [4.69, 9.17) is 0 Å². The molecule has 0 aliphatic carbocycles. The summed E-state index contributed by atoms with van der Waals surface area (Å²) in [5.41, 5.74) is 0.895. The average molecular weight is 182 g/mol. The second-order valence-electron chi connectivity index (χ2n) is 1.18. The van der Waals surface area contributed by atoms with Gasteiger partial charge < -0.3 is 0 Å². The van der Waals surface area contributed by atoms with Crippen molar-refractivity contribution in [2.45, 2.75) is 6.18 Å². The van der Waals surface area contributed by atoms with Crippen molar-refractivity contribution in [2.24, 2.45) is 5.84 Å². The minimum Gasteiger partial charge on any atom is -0.266 e. The highest BCUT2D eigenvalue weighted by molar-refractivity contribution is 8.07. The van der Waals surface area contributed by atoms with Crippen molar-refractivity contribution in [1.29, 1.82) is 0 Å². The summed E-state index contributed by atoms with van der Waals surface area (Å²) in [5.74, 6) is 4.18. The van der Waals surface area contributed by atoms with Gasteiger partial charge in [0.15, 0.2) is 16.2 Å². The van der Waals surface area contributed by atoms with Crippen LogP contribution in [0.5, 0.6) is 0 Å². The SMILES string of the molecule is NNC(=S(F)F)C(F)(F)F. The largest absolute Gasteiger partial charge is 0.437 e. The summed E-state index contributed by atoms with van der Waals surface area (Å²) in [6.07, 6.45) is -5.07. The first-order valence-electron chi connectivity index (χ1n) is 1.87. The van der Waals surface area contributed by atoms with E-state index in [1.807, 2.05) is 0 Å². The fraction of sp³-hybridized carbons (Fsp3) is 0.500. The molecular formula is C2H3F5N2S. The lowest BCUT2D eigenvalue weighted by atomic mass is 10.7. The lowest BCUT2D eigenvalue weighted by Crippen LogP contribution is -2.40. The molecule has 0 saturated carbocycles. The third kappa shape index (κ3) is 2.58. The maximum Gasteiger partial charge on any atom is 0.437 e. The van der Waals surface area contributed by atoms with Gasteiger partial charge in [-0.1, -0.05) is 0 Å². The molecule has 62 valence electrons. The van der Waals surface area contributed by atoms with Gasteiger partial charge in [-0.05, 0) is 0 Å².